The highest BCUT2D eigenvalue weighted by Crippen LogP contribution is 2.16. The van der Waals surface area contributed by atoms with Crippen LogP contribution in [0.1, 0.15) is 11.1 Å². The van der Waals surface area contributed by atoms with Crippen LogP contribution >= 0.6 is 0 Å². The number of aryl methyl sites for hydroxylation is 2. The maximum Gasteiger partial charge on any atom is 0.262 e. The Morgan fingerprint density at radius 3 is 2.58 bits per heavy atom. The van der Waals surface area contributed by atoms with Crippen LogP contribution in [0, 0.1) is 13.8 Å². The number of nitrogens with zero attached hydrogens (tertiary/aromatic N) is 4. The molecule has 3 aromatic rings. The van der Waals surface area contributed by atoms with E-state index < -0.39 is 0 Å². The molecule has 0 bridgehead atoms. The van der Waals surface area contributed by atoms with Gasteiger partial charge in [0.2, 0.25) is 0 Å². The summed E-state index contributed by atoms with van der Waals surface area (Å²) < 4.78 is 7.05. The molecule has 0 fully saturated rings. The number of carbonyl (C=O) groups excluding carboxylic acids is 1. The number of nitrogens with one attached hydrogen (secondary N) is 1. The summed E-state index contributed by atoms with van der Waals surface area (Å²) in [5.41, 5.74) is 3.81. The Labute approximate surface area is 139 Å². The first-order valence-corrected chi connectivity index (χ1v) is 7.45. The van der Waals surface area contributed by atoms with E-state index in [1.165, 1.54) is 16.6 Å². The van der Waals surface area contributed by atoms with Crippen LogP contribution in [0.2, 0.25) is 0 Å². The predicted molar refractivity (Wildman–Crippen MR) is 89.2 cm³/mol. The van der Waals surface area contributed by atoms with E-state index in [-0.39, 0.29) is 12.5 Å². The van der Waals surface area contributed by atoms with Gasteiger partial charge in [-0.2, -0.15) is 0 Å². The van der Waals surface area contributed by atoms with Gasteiger partial charge in [-0.05, 0) is 71.8 Å². The first-order valence-electron chi connectivity index (χ1n) is 7.45. The van der Waals surface area contributed by atoms with Crippen molar-refractivity contribution in [2.75, 3.05) is 11.9 Å². The Morgan fingerprint density at radius 2 is 1.92 bits per heavy atom. The van der Waals surface area contributed by atoms with Gasteiger partial charge in [0.25, 0.3) is 5.91 Å². The predicted octanol–water partition coefficient (Wildman–Crippen LogP) is 2.30. The fraction of sp³-hybridized carbons (Fsp3) is 0.176. The van der Waals surface area contributed by atoms with Gasteiger partial charge >= 0.3 is 0 Å². The monoisotopic (exact) mass is 323 g/mol. The fourth-order valence-corrected chi connectivity index (χ4v) is 2.13. The maximum atomic E-state index is 12.0. The standard InChI is InChI=1S/C17H17N5O2/c1-12-3-8-16(9-13(12)2)24-10-17(23)19-14-4-6-15(7-5-14)22-11-18-20-21-22/h3-9,11H,10H2,1-2H3,(H,19,23). The summed E-state index contributed by atoms with van der Waals surface area (Å²) in [4.78, 5) is 12.0. The van der Waals surface area contributed by atoms with Crippen LogP contribution in [0.4, 0.5) is 5.69 Å². The highest BCUT2D eigenvalue weighted by atomic mass is 16.5. The largest absolute Gasteiger partial charge is 0.484 e. The van der Waals surface area contributed by atoms with Crippen molar-refractivity contribution in [2.45, 2.75) is 13.8 Å². The van der Waals surface area contributed by atoms with Crippen LogP contribution < -0.4 is 10.1 Å². The molecule has 1 N–H and O–H groups in total. The van der Waals surface area contributed by atoms with E-state index >= 15 is 0 Å². The van der Waals surface area contributed by atoms with Gasteiger partial charge in [-0.15, -0.1) is 5.10 Å². The lowest BCUT2D eigenvalue weighted by atomic mass is 10.1. The topological polar surface area (TPSA) is 81.9 Å². The van der Waals surface area contributed by atoms with Crippen molar-refractivity contribution in [3.05, 3.63) is 59.9 Å². The highest BCUT2D eigenvalue weighted by molar-refractivity contribution is 5.91. The second kappa shape index (κ2) is 6.91. The summed E-state index contributed by atoms with van der Waals surface area (Å²) in [6, 6.07) is 12.9. The van der Waals surface area contributed by atoms with Crippen molar-refractivity contribution in [3.63, 3.8) is 0 Å². The molecule has 0 saturated carbocycles. The normalized spacial score (nSPS) is 10.4. The lowest BCUT2D eigenvalue weighted by molar-refractivity contribution is -0.118. The zero-order valence-electron chi connectivity index (χ0n) is 13.4. The molecule has 1 amide bonds. The Kier molecular flexibility index (Phi) is 4.51. The third-order valence-electron chi connectivity index (χ3n) is 3.61. The van der Waals surface area contributed by atoms with Gasteiger partial charge in [0.1, 0.15) is 12.1 Å². The van der Waals surface area contributed by atoms with Gasteiger partial charge in [0, 0.05) is 5.69 Å². The van der Waals surface area contributed by atoms with Crippen molar-refractivity contribution in [3.8, 4) is 11.4 Å². The van der Waals surface area contributed by atoms with Gasteiger partial charge in [-0.25, -0.2) is 4.68 Å². The molecule has 122 valence electrons. The molecule has 0 atom stereocenters. The summed E-state index contributed by atoms with van der Waals surface area (Å²) in [7, 11) is 0. The third kappa shape index (κ3) is 3.75. The minimum Gasteiger partial charge on any atom is -0.484 e. The second-order valence-electron chi connectivity index (χ2n) is 5.38. The lowest BCUT2D eigenvalue weighted by Crippen LogP contribution is -2.20. The van der Waals surface area contributed by atoms with Crippen LogP contribution in [-0.4, -0.2) is 32.7 Å². The quantitative estimate of drug-likeness (QED) is 0.779. The van der Waals surface area contributed by atoms with Crippen LogP contribution in [0.5, 0.6) is 5.75 Å². The first kappa shape index (κ1) is 15.7. The van der Waals surface area contributed by atoms with Gasteiger partial charge in [-0.1, -0.05) is 6.07 Å². The van der Waals surface area contributed by atoms with E-state index in [0.717, 1.165) is 11.3 Å². The van der Waals surface area contributed by atoms with E-state index in [9.17, 15) is 4.79 Å². The zero-order chi connectivity index (χ0) is 16.9. The number of aromatic nitrogens is 4. The molecule has 0 radical (unpaired) electrons. The summed E-state index contributed by atoms with van der Waals surface area (Å²) in [5.74, 6) is 0.464. The maximum absolute atomic E-state index is 12.0. The first-order chi connectivity index (χ1) is 11.6. The molecule has 0 unspecified atom stereocenters. The molecule has 0 spiro atoms. The number of benzene rings is 2. The van der Waals surface area contributed by atoms with Crippen molar-refractivity contribution >= 4 is 11.6 Å². The molecule has 0 aliphatic carbocycles. The third-order valence-corrected chi connectivity index (χ3v) is 3.61. The molecule has 2 aromatic carbocycles. The summed E-state index contributed by atoms with van der Waals surface area (Å²) in [6.07, 6.45) is 1.50. The Bertz CT molecular complexity index is 829. The van der Waals surface area contributed by atoms with Gasteiger partial charge < -0.3 is 10.1 Å². The van der Waals surface area contributed by atoms with Crippen molar-refractivity contribution in [2.24, 2.45) is 0 Å². The van der Waals surface area contributed by atoms with Crippen molar-refractivity contribution in [1.29, 1.82) is 0 Å². The zero-order valence-corrected chi connectivity index (χ0v) is 13.4. The molecule has 1 heterocycles. The molecule has 24 heavy (non-hydrogen) atoms. The minimum absolute atomic E-state index is 0.0444. The van der Waals surface area contributed by atoms with E-state index in [1.54, 1.807) is 12.1 Å². The Hall–Kier alpha value is -3.22. The fourth-order valence-electron chi connectivity index (χ4n) is 2.13. The Balaban J connectivity index is 1.55. The lowest BCUT2D eigenvalue weighted by Gasteiger charge is -2.09. The van der Waals surface area contributed by atoms with Gasteiger partial charge in [-0.3, -0.25) is 4.79 Å². The summed E-state index contributed by atoms with van der Waals surface area (Å²) >= 11 is 0. The smallest absolute Gasteiger partial charge is 0.262 e. The van der Waals surface area contributed by atoms with E-state index in [0.29, 0.717) is 11.4 Å². The number of tetrazole rings is 1. The number of amides is 1. The van der Waals surface area contributed by atoms with E-state index in [1.807, 2.05) is 44.2 Å². The van der Waals surface area contributed by atoms with Gasteiger partial charge in [0.15, 0.2) is 6.61 Å². The SMILES string of the molecule is Cc1ccc(OCC(=O)Nc2ccc(-n3cnnn3)cc2)cc1C. The molecule has 7 heteroatoms. The summed E-state index contributed by atoms with van der Waals surface area (Å²) in [6.45, 7) is 4.00. The second-order valence-corrected chi connectivity index (χ2v) is 5.38. The number of hydrogen-bond donors (Lipinski definition) is 1. The summed E-state index contributed by atoms with van der Waals surface area (Å²) in [5, 5.41) is 13.7. The number of anilines is 1. The van der Waals surface area contributed by atoms with Crippen LogP contribution in [0.15, 0.2) is 48.8 Å². The number of hydrogen-bond acceptors (Lipinski definition) is 5. The van der Waals surface area contributed by atoms with E-state index in [4.69, 9.17) is 4.74 Å². The minimum atomic E-state index is -0.219. The number of rotatable bonds is 5. The average molecular weight is 323 g/mol. The molecular formula is C17H17N5O2. The van der Waals surface area contributed by atoms with Gasteiger partial charge in [0.05, 0.1) is 5.69 Å². The molecule has 0 aliphatic heterocycles. The van der Waals surface area contributed by atoms with Crippen LogP contribution in [-0.2, 0) is 4.79 Å². The number of carbonyl (C=O) groups is 1. The molecule has 0 aliphatic rings. The highest BCUT2D eigenvalue weighted by Gasteiger charge is 2.05. The van der Waals surface area contributed by atoms with Crippen LogP contribution in [0.3, 0.4) is 0 Å². The Morgan fingerprint density at radius 1 is 1.12 bits per heavy atom. The molecular weight excluding hydrogens is 306 g/mol. The van der Waals surface area contributed by atoms with E-state index in [2.05, 4.69) is 20.8 Å². The van der Waals surface area contributed by atoms with Crippen molar-refractivity contribution in [1.82, 2.24) is 20.2 Å². The molecule has 7 nitrogen and oxygen atoms in total. The molecule has 1 aromatic heterocycles. The average Bonchev–Trinajstić information content (AvgIpc) is 3.11. The number of ether oxygens (including phenoxy) is 1. The van der Waals surface area contributed by atoms with Crippen molar-refractivity contribution < 1.29 is 9.53 Å². The van der Waals surface area contributed by atoms with Crippen LogP contribution in [0.25, 0.3) is 5.69 Å². The molecule has 3 rings (SSSR count). The molecule has 0 saturated heterocycles.